The number of hydrogen-bond acceptors (Lipinski definition) is 5. The maximum Gasteiger partial charge on any atom is 0.239 e. The van der Waals surface area contributed by atoms with Gasteiger partial charge in [0.05, 0.1) is 11.9 Å². The van der Waals surface area contributed by atoms with Crippen molar-refractivity contribution < 1.29 is 14.3 Å². The fourth-order valence-electron chi connectivity index (χ4n) is 2.03. The van der Waals surface area contributed by atoms with Crippen molar-refractivity contribution in [2.24, 2.45) is 5.73 Å². The van der Waals surface area contributed by atoms with Crippen molar-refractivity contribution >= 4 is 11.6 Å². The first-order valence-electron chi connectivity index (χ1n) is 6.14. The van der Waals surface area contributed by atoms with Crippen LogP contribution in [-0.4, -0.2) is 22.5 Å². The molecule has 0 saturated carbocycles. The number of nitrogens with one attached hydrogen (secondary N) is 1. The number of primary amides is 1. The van der Waals surface area contributed by atoms with E-state index in [2.05, 4.69) is 10.4 Å². The smallest absolute Gasteiger partial charge is 0.239 e. The lowest BCUT2D eigenvalue weighted by molar-refractivity contribution is -0.118. The first kappa shape index (κ1) is 12.3. The quantitative estimate of drug-likeness (QED) is 0.837. The summed E-state index contributed by atoms with van der Waals surface area (Å²) in [7, 11) is 0. The number of nitrogens with two attached hydrogens (primary N) is 1. The van der Waals surface area contributed by atoms with E-state index in [0.717, 1.165) is 22.7 Å². The first-order valence-corrected chi connectivity index (χ1v) is 6.14. The molecule has 1 aliphatic heterocycles. The van der Waals surface area contributed by atoms with Gasteiger partial charge in [0.1, 0.15) is 6.54 Å². The number of carbonyl (C=O) groups excluding carboxylic acids is 1. The van der Waals surface area contributed by atoms with Crippen LogP contribution in [0.3, 0.4) is 0 Å². The molecule has 2 aromatic rings. The molecule has 1 aromatic carbocycles. The van der Waals surface area contributed by atoms with Gasteiger partial charge in [-0.1, -0.05) is 12.1 Å². The second-order valence-electron chi connectivity index (χ2n) is 4.40. The Morgan fingerprint density at radius 1 is 1.45 bits per heavy atom. The average Bonchev–Trinajstić information content (AvgIpc) is 3.04. The van der Waals surface area contributed by atoms with Crippen molar-refractivity contribution in [3.05, 3.63) is 36.2 Å². The third-order valence-corrected chi connectivity index (χ3v) is 2.91. The van der Waals surface area contributed by atoms with E-state index in [0.29, 0.717) is 6.54 Å². The Bertz CT molecular complexity index is 638. The monoisotopic (exact) mass is 274 g/mol. The number of fused-ring (bicyclic) bond motifs is 1. The number of benzene rings is 1. The van der Waals surface area contributed by atoms with E-state index in [1.807, 2.05) is 18.2 Å². The average molecular weight is 274 g/mol. The molecule has 0 unspecified atom stereocenters. The van der Waals surface area contributed by atoms with Crippen LogP contribution in [0, 0.1) is 0 Å². The van der Waals surface area contributed by atoms with Crippen LogP contribution in [0.5, 0.6) is 11.5 Å². The molecule has 0 fully saturated rings. The number of hydrogen-bond donors (Lipinski definition) is 2. The largest absolute Gasteiger partial charge is 0.454 e. The molecule has 2 heterocycles. The van der Waals surface area contributed by atoms with Gasteiger partial charge in [0.25, 0.3) is 0 Å². The Labute approximate surface area is 115 Å². The number of para-hydroxylation sites is 1. The molecule has 0 aliphatic carbocycles. The molecule has 0 spiro atoms. The van der Waals surface area contributed by atoms with Gasteiger partial charge in [-0.2, -0.15) is 5.10 Å². The molecule has 1 aromatic heterocycles. The van der Waals surface area contributed by atoms with E-state index < -0.39 is 5.91 Å². The van der Waals surface area contributed by atoms with Crippen molar-refractivity contribution in [1.29, 1.82) is 0 Å². The van der Waals surface area contributed by atoms with E-state index in [9.17, 15) is 4.79 Å². The molecule has 0 atom stereocenters. The molecule has 104 valence electrons. The predicted octanol–water partition coefficient (Wildman–Crippen LogP) is 0.709. The van der Waals surface area contributed by atoms with Crippen molar-refractivity contribution in [2.45, 2.75) is 13.1 Å². The fraction of sp³-hybridized carbons (Fsp3) is 0.231. The summed E-state index contributed by atoms with van der Waals surface area (Å²) in [5.41, 5.74) is 6.92. The molecule has 1 aliphatic rings. The van der Waals surface area contributed by atoms with E-state index in [1.54, 1.807) is 12.4 Å². The first-order chi connectivity index (χ1) is 9.72. The van der Waals surface area contributed by atoms with Crippen LogP contribution in [0.25, 0.3) is 0 Å². The Hall–Kier alpha value is -2.70. The molecule has 7 nitrogen and oxygen atoms in total. The second kappa shape index (κ2) is 5.12. The van der Waals surface area contributed by atoms with Crippen LogP contribution in [0.4, 0.5) is 5.69 Å². The summed E-state index contributed by atoms with van der Waals surface area (Å²) >= 11 is 0. The van der Waals surface area contributed by atoms with Crippen LogP contribution in [0.1, 0.15) is 5.56 Å². The minimum absolute atomic E-state index is 0.0688. The normalized spacial score (nSPS) is 12.4. The zero-order valence-electron chi connectivity index (χ0n) is 10.7. The van der Waals surface area contributed by atoms with Gasteiger partial charge < -0.3 is 20.5 Å². The SMILES string of the molecule is NC(=O)Cn1cc(NCc2cccc3c2OCO3)cn1. The summed E-state index contributed by atoms with van der Waals surface area (Å²) in [4.78, 5) is 10.8. The highest BCUT2D eigenvalue weighted by Gasteiger charge is 2.16. The molecule has 0 saturated heterocycles. The second-order valence-corrected chi connectivity index (χ2v) is 4.40. The van der Waals surface area contributed by atoms with Crippen molar-refractivity contribution in [1.82, 2.24) is 9.78 Å². The maximum absolute atomic E-state index is 10.8. The minimum atomic E-state index is -0.425. The number of aromatic nitrogens is 2. The molecule has 3 N–H and O–H groups in total. The van der Waals surface area contributed by atoms with Crippen molar-refractivity contribution in [3.8, 4) is 11.5 Å². The Balaban J connectivity index is 1.66. The van der Waals surface area contributed by atoms with E-state index in [1.165, 1.54) is 4.68 Å². The van der Waals surface area contributed by atoms with Gasteiger partial charge in [-0.05, 0) is 6.07 Å². The van der Waals surface area contributed by atoms with Gasteiger partial charge >= 0.3 is 0 Å². The number of ether oxygens (including phenoxy) is 2. The van der Waals surface area contributed by atoms with Crippen molar-refractivity contribution in [3.63, 3.8) is 0 Å². The number of anilines is 1. The Morgan fingerprint density at radius 3 is 3.20 bits per heavy atom. The van der Waals surface area contributed by atoms with E-state index in [-0.39, 0.29) is 13.3 Å². The Morgan fingerprint density at radius 2 is 2.35 bits per heavy atom. The van der Waals surface area contributed by atoms with Gasteiger partial charge in [0.2, 0.25) is 12.7 Å². The van der Waals surface area contributed by atoms with Crippen LogP contribution in [-0.2, 0) is 17.9 Å². The lowest BCUT2D eigenvalue weighted by Crippen LogP contribution is -2.18. The molecule has 0 radical (unpaired) electrons. The number of rotatable bonds is 5. The molecular formula is C13H14N4O3. The third kappa shape index (κ3) is 2.51. The minimum Gasteiger partial charge on any atom is -0.454 e. The summed E-state index contributed by atoms with van der Waals surface area (Å²) < 4.78 is 12.2. The van der Waals surface area contributed by atoms with Gasteiger partial charge in [-0.25, -0.2) is 0 Å². The summed E-state index contributed by atoms with van der Waals surface area (Å²) in [6.07, 6.45) is 3.37. The van der Waals surface area contributed by atoms with Crippen LogP contribution >= 0.6 is 0 Å². The summed E-state index contributed by atoms with van der Waals surface area (Å²) in [5, 5.41) is 7.25. The highest BCUT2D eigenvalue weighted by Crippen LogP contribution is 2.35. The summed E-state index contributed by atoms with van der Waals surface area (Å²) in [6, 6.07) is 5.76. The fourth-order valence-corrected chi connectivity index (χ4v) is 2.03. The van der Waals surface area contributed by atoms with Crippen LogP contribution in [0.15, 0.2) is 30.6 Å². The molecule has 0 bridgehead atoms. The van der Waals surface area contributed by atoms with Gasteiger partial charge in [0.15, 0.2) is 11.5 Å². The predicted molar refractivity (Wildman–Crippen MR) is 71.3 cm³/mol. The highest BCUT2D eigenvalue weighted by molar-refractivity contribution is 5.73. The Kier molecular flexibility index (Phi) is 3.16. The standard InChI is InChI=1S/C13H14N4O3/c14-12(18)7-17-6-10(5-16-17)15-4-9-2-1-3-11-13(9)20-8-19-11/h1-3,5-6,15H,4,7-8H2,(H2,14,18). The molecular weight excluding hydrogens is 260 g/mol. The lowest BCUT2D eigenvalue weighted by atomic mass is 10.2. The van der Waals surface area contributed by atoms with Gasteiger partial charge in [0, 0.05) is 18.3 Å². The maximum atomic E-state index is 10.8. The van der Waals surface area contributed by atoms with E-state index in [4.69, 9.17) is 15.2 Å². The van der Waals surface area contributed by atoms with Crippen LogP contribution < -0.4 is 20.5 Å². The molecule has 3 rings (SSSR count). The third-order valence-electron chi connectivity index (χ3n) is 2.91. The van der Waals surface area contributed by atoms with E-state index >= 15 is 0 Å². The highest BCUT2D eigenvalue weighted by atomic mass is 16.7. The number of amides is 1. The number of nitrogens with zero attached hydrogens (tertiary/aromatic N) is 2. The number of carbonyl (C=O) groups is 1. The molecule has 20 heavy (non-hydrogen) atoms. The molecule has 7 heteroatoms. The summed E-state index contributed by atoms with van der Waals surface area (Å²) in [6.45, 7) is 0.900. The van der Waals surface area contributed by atoms with Crippen molar-refractivity contribution in [2.75, 3.05) is 12.1 Å². The zero-order chi connectivity index (χ0) is 13.9. The summed E-state index contributed by atoms with van der Waals surface area (Å²) in [5.74, 6) is 1.10. The molecule has 1 amide bonds. The lowest BCUT2D eigenvalue weighted by Gasteiger charge is -2.06. The topological polar surface area (TPSA) is 91.4 Å². The van der Waals surface area contributed by atoms with Gasteiger partial charge in [-0.3, -0.25) is 9.48 Å². The zero-order valence-corrected chi connectivity index (χ0v) is 10.7. The van der Waals surface area contributed by atoms with Gasteiger partial charge in [-0.15, -0.1) is 0 Å². The van der Waals surface area contributed by atoms with Crippen LogP contribution in [0.2, 0.25) is 0 Å².